The van der Waals surface area contributed by atoms with Crippen molar-refractivity contribution in [3.8, 4) is 11.8 Å². The highest BCUT2D eigenvalue weighted by Crippen LogP contribution is 2.38. The Bertz CT molecular complexity index is 1510. The maximum absolute atomic E-state index is 14.2. The molecule has 12 heteroatoms. The van der Waals surface area contributed by atoms with E-state index in [-0.39, 0.29) is 25.6 Å². The highest BCUT2D eigenvalue weighted by Gasteiger charge is 2.54. The lowest BCUT2D eigenvalue weighted by Crippen LogP contribution is -2.63. The third kappa shape index (κ3) is 7.78. The van der Waals surface area contributed by atoms with E-state index >= 15 is 0 Å². The predicted molar refractivity (Wildman–Crippen MR) is 166 cm³/mol. The number of hydrogen-bond acceptors (Lipinski definition) is 8. The van der Waals surface area contributed by atoms with Crippen LogP contribution in [0, 0.1) is 16.7 Å². The van der Waals surface area contributed by atoms with Gasteiger partial charge in [0, 0.05) is 26.6 Å². The van der Waals surface area contributed by atoms with Crippen LogP contribution in [0.25, 0.3) is 0 Å². The minimum absolute atomic E-state index is 0.0749. The smallest absolute Gasteiger partial charge is 0.408 e. The van der Waals surface area contributed by atoms with Crippen LogP contribution in [-0.2, 0) is 25.5 Å². The van der Waals surface area contributed by atoms with Gasteiger partial charge in [-0.1, -0.05) is 30.3 Å². The molecule has 4 amide bonds. The molecular formula is C33H40N6O6. The molecule has 4 rings (SSSR count). The van der Waals surface area contributed by atoms with Crippen molar-refractivity contribution in [3.05, 3.63) is 65.7 Å². The van der Waals surface area contributed by atoms with Crippen LogP contribution in [0.1, 0.15) is 52.2 Å². The number of benzene rings is 2. The number of carbonyl (C=O) groups is 4. The van der Waals surface area contributed by atoms with E-state index in [0.717, 1.165) is 11.3 Å². The number of alkyl carbamates (subject to hydrolysis) is 1. The fourth-order valence-electron chi connectivity index (χ4n) is 5.37. The van der Waals surface area contributed by atoms with Gasteiger partial charge in [0.2, 0.25) is 11.8 Å². The lowest BCUT2D eigenvalue weighted by molar-refractivity contribution is -0.143. The Morgan fingerprint density at radius 2 is 1.73 bits per heavy atom. The first-order valence-electron chi connectivity index (χ1n) is 14.8. The molecule has 2 N–H and O–H groups in total. The van der Waals surface area contributed by atoms with Gasteiger partial charge in [0.05, 0.1) is 17.3 Å². The minimum atomic E-state index is -1.45. The van der Waals surface area contributed by atoms with E-state index in [9.17, 15) is 19.2 Å². The molecule has 2 aliphatic rings. The van der Waals surface area contributed by atoms with Crippen LogP contribution in [0.15, 0.2) is 59.7 Å². The number of rotatable bonds is 9. The van der Waals surface area contributed by atoms with Crippen molar-refractivity contribution in [2.24, 2.45) is 10.5 Å². The average Bonchev–Trinajstić information content (AvgIpc) is 3.22. The largest absolute Gasteiger partial charge is 0.491 e. The summed E-state index contributed by atoms with van der Waals surface area (Å²) >= 11 is 0. The number of nitrogens with one attached hydrogen (secondary N) is 2. The van der Waals surface area contributed by atoms with Crippen LogP contribution in [0.5, 0.6) is 5.75 Å². The summed E-state index contributed by atoms with van der Waals surface area (Å²) in [4.78, 5) is 55.3. The minimum Gasteiger partial charge on any atom is -0.491 e. The van der Waals surface area contributed by atoms with Crippen LogP contribution < -0.4 is 15.4 Å². The van der Waals surface area contributed by atoms with Gasteiger partial charge in [0.15, 0.2) is 0 Å². The zero-order chi connectivity index (χ0) is 33.0. The van der Waals surface area contributed by atoms with Gasteiger partial charge in [-0.3, -0.25) is 14.4 Å². The molecule has 0 bridgehead atoms. The Balaban J connectivity index is 1.58. The summed E-state index contributed by atoms with van der Waals surface area (Å²) in [7, 11) is 1.61. The number of hydrazone groups is 1. The molecule has 0 aromatic heterocycles. The molecule has 2 aromatic carbocycles. The Morgan fingerprint density at radius 1 is 1.07 bits per heavy atom. The topological polar surface area (TPSA) is 153 Å². The standard InChI is InChI=1S/C33H40N6O6/c1-31(2,3)45-30(43)36-32(4,5)28(41)35-25(20-44-24-14-12-23(19-34)13-15-24)27(40)39-17-16-26-33(21-39,29(42)38(6)37-26)18-22-10-8-7-9-11-22/h7-15,25H,16-18,20-21H2,1-6H3,(H,35,41)(H,36,43)/t25-,33-/m1/s1. The van der Waals surface area contributed by atoms with Gasteiger partial charge in [-0.05, 0) is 70.9 Å². The van der Waals surface area contributed by atoms with E-state index in [1.165, 1.54) is 18.9 Å². The molecule has 0 radical (unpaired) electrons. The number of hydrogen-bond donors (Lipinski definition) is 2. The first-order valence-corrected chi connectivity index (χ1v) is 14.8. The van der Waals surface area contributed by atoms with E-state index in [4.69, 9.17) is 14.7 Å². The lowest BCUT2D eigenvalue weighted by Gasteiger charge is -2.41. The summed E-state index contributed by atoms with van der Waals surface area (Å²) in [5, 5.41) is 20.3. The van der Waals surface area contributed by atoms with Crippen molar-refractivity contribution < 1.29 is 28.7 Å². The zero-order valence-corrected chi connectivity index (χ0v) is 26.5. The maximum Gasteiger partial charge on any atom is 0.408 e. The first kappa shape index (κ1) is 33.0. The van der Waals surface area contributed by atoms with Crippen molar-refractivity contribution in [3.63, 3.8) is 0 Å². The Labute approximate surface area is 263 Å². The highest BCUT2D eigenvalue weighted by atomic mass is 16.6. The molecule has 1 saturated heterocycles. The number of piperidine rings is 1. The molecule has 45 heavy (non-hydrogen) atoms. The fraction of sp³-hybridized carbons (Fsp3) is 0.455. The molecule has 0 spiro atoms. The number of likely N-dealkylation sites (tertiary alicyclic amines) is 1. The third-order valence-corrected chi connectivity index (χ3v) is 7.65. The van der Waals surface area contributed by atoms with Crippen molar-refractivity contribution in [1.29, 1.82) is 5.26 Å². The van der Waals surface area contributed by atoms with Crippen LogP contribution in [0.2, 0.25) is 0 Å². The SMILES string of the molecule is CN1N=C2CCN(C(=O)[C@@H](COc3ccc(C#N)cc3)NC(=O)C(C)(C)NC(=O)OC(C)(C)C)C[C@@]2(Cc2ccccc2)C1=O. The van der Waals surface area contributed by atoms with Gasteiger partial charge in [-0.15, -0.1) is 0 Å². The predicted octanol–water partition coefficient (Wildman–Crippen LogP) is 3.01. The number of nitriles is 1. The summed E-state index contributed by atoms with van der Waals surface area (Å²) in [5.74, 6) is -0.881. The summed E-state index contributed by atoms with van der Waals surface area (Å²) < 4.78 is 11.2. The van der Waals surface area contributed by atoms with Gasteiger partial charge in [0.25, 0.3) is 5.91 Å². The first-order chi connectivity index (χ1) is 21.1. The third-order valence-electron chi connectivity index (χ3n) is 7.65. The lowest BCUT2D eigenvalue weighted by atomic mass is 9.73. The van der Waals surface area contributed by atoms with Crippen LogP contribution in [0.3, 0.4) is 0 Å². The van der Waals surface area contributed by atoms with Gasteiger partial charge in [0.1, 0.15) is 35.0 Å². The van der Waals surface area contributed by atoms with Gasteiger partial charge < -0.3 is 25.0 Å². The van der Waals surface area contributed by atoms with E-state index in [1.807, 2.05) is 36.4 Å². The molecule has 2 atom stereocenters. The maximum atomic E-state index is 14.2. The van der Waals surface area contributed by atoms with E-state index < -0.39 is 40.5 Å². The Hall–Kier alpha value is -4.92. The second-order valence-corrected chi connectivity index (χ2v) is 12.9. The van der Waals surface area contributed by atoms with Crippen molar-refractivity contribution in [2.45, 2.75) is 64.6 Å². The quantitative estimate of drug-likeness (QED) is 0.439. The monoisotopic (exact) mass is 616 g/mol. The van der Waals surface area contributed by atoms with Gasteiger partial charge in [-0.25, -0.2) is 9.80 Å². The Kier molecular flexibility index (Phi) is 9.51. The second kappa shape index (κ2) is 13.0. The van der Waals surface area contributed by atoms with Crippen molar-refractivity contribution in [2.75, 3.05) is 26.7 Å². The molecule has 12 nitrogen and oxygen atoms in total. The van der Waals surface area contributed by atoms with Crippen molar-refractivity contribution >= 4 is 29.5 Å². The molecule has 1 fully saturated rings. The molecule has 2 aliphatic heterocycles. The number of fused-ring (bicyclic) bond motifs is 1. The fourth-order valence-corrected chi connectivity index (χ4v) is 5.37. The molecule has 0 aliphatic carbocycles. The average molecular weight is 617 g/mol. The van der Waals surface area contributed by atoms with Crippen LogP contribution >= 0.6 is 0 Å². The van der Waals surface area contributed by atoms with Crippen LogP contribution in [-0.4, -0.2) is 83.4 Å². The summed E-state index contributed by atoms with van der Waals surface area (Å²) in [6, 6.07) is 16.8. The number of amides is 4. The van der Waals surface area contributed by atoms with Gasteiger partial charge in [-0.2, -0.15) is 10.4 Å². The van der Waals surface area contributed by atoms with E-state index in [2.05, 4.69) is 15.7 Å². The summed E-state index contributed by atoms with van der Waals surface area (Å²) in [6.45, 7) is 8.25. The van der Waals surface area contributed by atoms with Crippen molar-refractivity contribution in [1.82, 2.24) is 20.5 Å². The van der Waals surface area contributed by atoms with Crippen LogP contribution in [0.4, 0.5) is 4.79 Å². The summed E-state index contributed by atoms with van der Waals surface area (Å²) in [5.41, 5.74) is -1.16. The Morgan fingerprint density at radius 3 is 2.36 bits per heavy atom. The second-order valence-electron chi connectivity index (χ2n) is 12.9. The normalized spacial score (nSPS) is 18.7. The molecule has 0 saturated carbocycles. The molecule has 2 aromatic rings. The molecule has 0 unspecified atom stereocenters. The number of ether oxygens (including phenoxy) is 2. The number of carbonyl (C=O) groups excluding carboxylic acids is 4. The van der Waals surface area contributed by atoms with Gasteiger partial charge >= 0.3 is 6.09 Å². The zero-order valence-electron chi connectivity index (χ0n) is 26.5. The molecule has 2 heterocycles. The molecule has 238 valence electrons. The highest BCUT2D eigenvalue weighted by molar-refractivity contribution is 6.13. The number of nitrogens with zero attached hydrogens (tertiary/aromatic N) is 4. The van der Waals surface area contributed by atoms with E-state index in [1.54, 1.807) is 57.0 Å². The summed E-state index contributed by atoms with van der Waals surface area (Å²) in [6.07, 6.45) is -0.0307. The molecular weight excluding hydrogens is 576 g/mol. The van der Waals surface area contributed by atoms with E-state index in [0.29, 0.717) is 24.2 Å².